The molecule has 0 fully saturated rings. The molecule has 2 rings (SSSR count). The summed E-state index contributed by atoms with van der Waals surface area (Å²) in [6, 6.07) is 9.60. The Labute approximate surface area is 140 Å². The van der Waals surface area contributed by atoms with E-state index < -0.39 is 28.7 Å². The van der Waals surface area contributed by atoms with Gasteiger partial charge in [0.1, 0.15) is 0 Å². The maximum absolute atomic E-state index is 12.7. The third-order valence-electron chi connectivity index (χ3n) is 3.19. The molecule has 0 radical (unpaired) electrons. The van der Waals surface area contributed by atoms with Crippen molar-refractivity contribution in [2.24, 2.45) is 0 Å². The number of para-hydroxylation sites is 2. The van der Waals surface area contributed by atoms with Gasteiger partial charge in [-0.25, -0.2) is 0 Å². The zero-order chi connectivity index (χ0) is 18.6. The number of benzene rings is 2. The lowest BCUT2D eigenvalue weighted by Gasteiger charge is -2.15. The van der Waals surface area contributed by atoms with Crippen molar-refractivity contribution in [1.82, 2.24) is 0 Å². The van der Waals surface area contributed by atoms with Gasteiger partial charge in [-0.3, -0.25) is 14.9 Å². The lowest BCUT2D eigenvalue weighted by atomic mass is 10.2. The molecule has 6 nitrogen and oxygen atoms in total. The van der Waals surface area contributed by atoms with Crippen LogP contribution in [0.5, 0.6) is 5.75 Å². The molecule has 0 spiro atoms. The molecule has 0 heterocycles. The first-order chi connectivity index (χ1) is 11.7. The normalized spacial score (nSPS) is 12.3. The van der Waals surface area contributed by atoms with E-state index >= 15 is 0 Å². The van der Waals surface area contributed by atoms with E-state index in [1.807, 2.05) is 0 Å². The quantitative estimate of drug-likeness (QED) is 0.649. The van der Waals surface area contributed by atoms with Crippen LogP contribution in [0.4, 0.5) is 24.5 Å². The van der Waals surface area contributed by atoms with E-state index in [2.05, 4.69) is 5.32 Å². The SMILES string of the molecule is C[C@@H](Oc1ccccc1[N+](=O)[O-])C(=O)Nc1cccc(C(F)(F)F)c1. The molecule has 0 bridgehead atoms. The Morgan fingerprint density at radius 1 is 1.20 bits per heavy atom. The first-order valence-corrected chi connectivity index (χ1v) is 7.06. The number of nitro groups is 1. The summed E-state index contributed by atoms with van der Waals surface area (Å²) < 4.78 is 43.3. The fourth-order valence-corrected chi connectivity index (χ4v) is 1.97. The second-order valence-electron chi connectivity index (χ2n) is 5.05. The minimum Gasteiger partial charge on any atom is -0.474 e. The number of ether oxygens (including phenoxy) is 1. The molecular weight excluding hydrogens is 341 g/mol. The number of nitrogens with one attached hydrogen (secondary N) is 1. The van der Waals surface area contributed by atoms with Gasteiger partial charge in [-0.1, -0.05) is 18.2 Å². The largest absolute Gasteiger partial charge is 0.474 e. The molecule has 0 unspecified atom stereocenters. The van der Waals surface area contributed by atoms with Crippen LogP contribution in [0.3, 0.4) is 0 Å². The molecule has 1 N–H and O–H groups in total. The number of rotatable bonds is 5. The van der Waals surface area contributed by atoms with Gasteiger partial charge in [0.25, 0.3) is 5.91 Å². The molecule has 2 aromatic carbocycles. The maximum Gasteiger partial charge on any atom is 0.416 e. The Balaban J connectivity index is 2.10. The van der Waals surface area contributed by atoms with Gasteiger partial charge in [0, 0.05) is 11.8 Å². The monoisotopic (exact) mass is 354 g/mol. The summed E-state index contributed by atoms with van der Waals surface area (Å²) in [6.45, 7) is 1.33. The summed E-state index contributed by atoms with van der Waals surface area (Å²) in [6.07, 6.45) is -5.69. The van der Waals surface area contributed by atoms with Crippen molar-refractivity contribution in [2.45, 2.75) is 19.2 Å². The zero-order valence-electron chi connectivity index (χ0n) is 12.9. The van der Waals surface area contributed by atoms with E-state index in [4.69, 9.17) is 4.74 Å². The molecule has 1 atom stereocenters. The minimum absolute atomic E-state index is 0.0576. The first-order valence-electron chi connectivity index (χ1n) is 7.06. The summed E-state index contributed by atoms with van der Waals surface area (Å²) in [5.74, 6) is -0.850. The number of alkyl halides is 3. The van der Waals surface area contributed by atoms with Crippen LogP contribution in [0.25, 0.3) is 0 Å². The molecule has 132 valence electrons. The molecule has 0 aromatic heterocycles. The Morgan fingerprint density at radius 3 is 2.52 bits per heavy atom. The van der Waals surface area contributed by atoms with Crippen LogP contribution < -0.4 is 10.1 Å². The predicted octanol–water partition coefficient (Wildman–Crippen LogP) is 4.02. The van der Waals surface area contributed by atoms with Crippen molar-refractivity contribution in [3.05, 3.63) is 64.2 Å². The van der Waals surface area contributed by atoms with Crippen molar-refractivity contribution in [2.75, 3.05) is 5.32 Å². The number of carbonyl (C=O) groups is 1. The van der Waals surface area contributed by atoms with Gasteiger partial charge < -0.3 is 10.1 Å². The fraction of sp³-hybridized carbons (Fsp3) is 0.188. The van der Waals surface area contributed by atoms with Crippen LogP contribution in [0.15, 0.2) is 48.5 Å². The molecule has 0 saturated carbocycles. The lowest BCUT2D eigenvalue weighted by molar-refractivity contribution is -0.386. The van der Waals surface area contributed by atoms with Crippen LogP contribution >= 0.6 is 0 Å². The van der Waals surface area contributed by atoms with Crippen LogP contribution in [-0.2, 0) is 11.0 Å². The predicted molar refractivity (Wildman–Crippen MR) is 83.3 cm³/mol. The van der Waals surface area contributed by atoms with Crippen LogP contribution in [-0.4, -0.2) is 16.9 Å². The third-order valence-corrected chi connectivity index (χ3v) is 3.19. The van der Waals surface area contributed by atoms with Crippen molar-refractivity contribution < 1.29 is 27.6 Å². The summed E-state index contributed by atoms with van der Waals surface area (Å²) in [7, 11) is 0. The van der Waals surface area contributed by atoms with Crippen LogP contribution in [0.2, 0.25) is 0 Å². The number of hydrogen-bond donors (Lipinski definition) is 1. The molecule has 25 heavy (non-hydrogen) atoms. The molecule has 9 heteroatoms. The molecule has 0 saturated heterocycles. The smallest absolute Gasteiger partial charge is 0.416 e. The first kappa shape index (κ1) is 18.2. The highest BCUT2D eigenvalue weighted by atomic mass is 19.4. The average Bonchev–Trinajstić information content (AvgIpc) is 2.54. The number of nitrogens with zero attached hydrogens (tertiary/aromatic N) is 1. The van der Waals surface area contributed by atoms with Gasteiger partial charge >= 0.3 is 11.9 Å². The maximum atomic E-state index is 12.7. The highest BCUT2D eigenvalue weighted by Gasteiger charge is 2.30. The van der Waals surface area contributed by atoms with E-state index in [1.165, 1.54) is 37.3 Å². The van der Waals surface area contributed by atoms with Crippen molar-refractivity contribution in [1.29, 1.82) is 0 Å². The highest BCUT2D eigenvalue weighted by molar-refractivity contribution is 5.94. The third kappa shape index (κ3) is 4.69. The standard InChI is InChI=1S/C16H13F3N2O4/c1-10(25-14-8-3-2-7-13(14)21(23)24)15(22)20-12-6-4-5-11(9-12)16(17,18)19/h2-10H,1H3,(H,20,22)/t10-/m1/s1. The van der Waals surface area contributed by atoms with Crippen LogP contribution in [0.1, 0.15) is 12.5 Å². The van der Waals surface area contributed by atoms with E-state index in [0.29, 0.717) is 0 Å². The van der Waals surface area contributed by atoms with Crippen molar-refractivity contribution in [3.8, 4) is 5.75 Å². The molecule has 2 aromatic rings. The van der Waals surface area contributed by atoms with E-state index in [0.717, 1.165) is 18.2 Å². The summed E-state index contributed by atoms with van der Waals surface area (Å²) in [5.41, 5.74) is -1.28. The van der Waals surface area contributed by atoms with E-state index in [9.17, 15) is 28.1 Å². The number of carbonyl (C=O) groups excluding carboxylic acids is 1. The molecule has 0 aliphatic rings. The van der Waals surface area contributed by atoms with Gasteiger partial charge in [-0.2, -0.15) is 13.2 Å². The van der Waals surface area contributed by atoms with Gasteiger partial charge in [0.2, 0.25) is 0 Å². The molecule has 0 aliphatic carbocycles. The summed E-state index contributed by atoms with van der Waals surface area (Å²) >= 11 is 0. The van der Waals surface area contributed by atoms with E-state index in [-0.39, 0.29) is 17.1 Å². The van der Waals surface area contributed by atoms with Crippen molar-refractivity contribution >= 4 is 17.3 Å². The number of nitro benzene ring substituents is 1. The molecule has 1 amide bonds. The highest BCUT2D eigenvalue weighted by Crippen LogP contribution is 2.31. The Kier molecular flexibility index (Phi) is 5.26. The molecular formula is C16H13F3N2O4. The Bertz CT molecular complexity index is 793. The van der Waals surface area contributed by atoms with E-state index in [1.54, 1.807) is 0 Å². The Morgan fingerprint density at radius 2 is 1.88 bits per heavy atom. The summed E-state index contributed by atoms with van der Waals surface area (Å²) in [4.78, 5) is 22.3. The Hall–Kier alpha value is -3.10. The van der Waals surface area contributed by atoms with Crippen LogP contribution in [0, 0.1) is 10.1 Å². The van der Waals surface area contributed by atoms with Gasteiger partial charge in [-0.05, 0) is 31.2 Å². The number of anilines is 1. The average molecular weight is 354 g/mol. The second kappa shape index (κ2) is 7.20. The number of halogens is 3. The minimum atomic E-state index is -4.53. The topological polar surface area (TPSA) is 81.5 Å². The second-order valence-corrected chi connectivity index (χ2v) is 5.05. The fourth-order valence-electron chi connectivity index (χ4n) is 1.97. The molecule has 0 aliphatic heterocycles. The summed E-state index contributed by atoms with van der Waals surface area (Å²) in [5, 5.41) is 13.2. The van der Waals surface area contributed by atoms with Crippen molar-refractivity contribution in [3.63, 3.8) is 0 Å². The van der Waals surface area contributed by atoms with Gasteiger partial charge in [0.05, 0.1) is 10.5 Å². The van der Waals surface area contributed by atoms with Gasteiger partial charge in [0.15, 0.2) is 11.9 Å². The zero-order valence-corrected chi connectivity index (χ0v) is 12.9. The number of hydrogen-bond acceptors (Lipinski definition) is 4. The number of amides is 1. The lowest BCUT2D eigenvalue weighted by Crippen LogP contribution is -2.30. The van der Waals surface area contributed by atoms with Gasteiger partial charge in [-0.15, -0.1) is 0 Å².